The number of aryl methyl sites for hydroxylation is 2. The molecule has 3 heterocycles. The van der Waals surface area contributed by atoms with Gasteiger partial charge in [-0.3, -0.25) is 0 Å². The molecule has 0 atom stereocenters. The summed E-state index contributed by atoms with van der Waals surface area (Å²) in [6.07, 6.45) is 2.31. The number of rotatable bonds is 2. The van der Waals surface area contributed by atoms with Gasteiger partial charge in [0, 0.05) is 33.8 Å². The SMILES string of the molecule is Cc1cc2c3c(c1)N(c1ccc(C(C)(C)C)cc1)c1c(oc4ccc(C(C)(C)C)cc14)B3c1ccc3c(c1N2c1ccc(C(C)(C)C)cc1C)C(C)(C)CCC3(C)C. The van der Waals surface area contributed by atoms with Crippen molar-refractivity contribution in [2.45, 2.75) is 144 Å². The van der Waals surface area contributed by atoms with Crippen LogP contribution < -0.4 is 26.4 Å². The number of fused-ring (bicyclic) bond motifs is 8. The average Bonchev–Trinajstić information content (AvgIpc) is 3.50. The van der Waals surface area contributed by atoms with Crippen molar-refractivity contribution in [3.05, 3.63) is 124 Å². The van der Waals surface area contributed by atoms with Crippen molar-refractivity contribution < 1.29 is 4.42 Å². The molecule has 0 saturated carbocycles. The summed E-state index contributed by atoms with van der Waals surface area (Å²) in [6, 6.07) is 33.3. The molecule has 3 aliphatic rings. The Morgan fingerprint density at radius 2 is 1.14 bits per heavy atom. The summed E-state index contributed by atoms with van der Waals surface area (Å²) < 4.78 is 7.32. The second-order valence-corrected chi connectivity index (χ2v) is 22.3. The lowest BCUT2D eigenvalue weighted by molar-refractivity contribution is 0.333. The lowest BCUT2D eigenvalue weighted by Gasteiger charge is -2.49. The Bertz CT molecular complexity index is 2650. The van der Waals surface area contributed by atoms with Crippen LogP contribution in [0.15, 0.2) is 89.3 Å². The summed E-state index contributed by atoms with van der Waals surface area (Å²) in [4.78, 5) is 5.21. The van der Waals surface area contributed by atoms with Crippen molar-refractivity contribution in [3.63, 3.8) is 0 Å². The molecule has 2 aliphatic heterocycles. The van der Waals surface area contributed by atoms with Gasteiger partial charge in [0.1, 0.15) is 5.58 Å². The van der Waals surface area contributed by atoms with E-state index in [1.165, 1.54) is 90.1 Å². The zero-order valence-electron chi connectivity index (χ0n) is 37.9. The van der Waals surface area contributed by atoms with Gasteiger partial charge in [0.25, 0.3) is 6.71 Å². The molecule has 0 N–H and O–H groups in total. The fraction of sp³-hybridized carbons (Fsp3) is 0.407. The second-order valence-electron chi connectivity index (χ2n) is 22.3. The summed E-state index contributed by atoms with van der Waals surface area (Å²) >= 11 is 0. The molecule has 0 saturated heterocycles. The van der Waals surface area contributed by atoms with E-state index in [1.807, 2.05) is 0 Å². The van der Waals surface area contributed by atoms with E-state index in [2.05, 4.69) is 199 Å². The predicted octanol–water partition coefficient (Wildman–Crippen LogP) is 13.4. The molecule has 0 radical (unpaired) electrons. The number of anilines is 6. The van der Waals surface area contributed by atoms with E-state index in [-0.39, 0.29) is 33.8 Å². The van der Waals surface area contributed by atoms with Crippen molar-refractivity contribution in [2.75, 3.05) is 9.80 Å². The monoisotopic (exact) mass is 767 g/mol. The predicted molar refractivity (Wildman–Crippen MR) is 251 cm³/mol. The molecule has 9 rings (SSSR count). The number of benzene rings is 5. The van der Waals surface area contributed by atoms with Crippen LogP contribution in [0.3, 0.4) is 0 Å². The summed E-state index contributed by atoms with van der Waals surface area (Å²) in [5, 5.41) is 1.17. The first-order valence-corrected chi connectivity index (χ1v) is 21.7. The minimum atomic E-state index is -0.0808. The van der Waals surface area contributed by atoms with E-state index in [1.54, 1.807) is 0 Å². The Balaban J connectivity index is 1.43. The quantitative estimate of drug-likeness (QED) is 0.163. The molecule has 0 fully saturated rings. The van der Waals surface area contributed by atoms with Crippen LogP contribution in [-0.4, -0.2) is 6.71 Å². The van der Waals surface area contributed by atoms with Crippen LogP contribution in [0.5, 0.6) is 0 Å². The van der Waals surface area contributed by atoms with Crippen LogP contribution >= 0.6 is 0 Å². The smallest absolute Gasteiger partial charge is 0.297 e. The molecule has 4 heteroatoms. The van der Waals surface area contributed by atoms with Crippen LogP contribution in [0.25, 0.3) is 11.0 Å². The zero-order valence-corrected chi connectivity index (χ0v) is 37.9. The Morgan fingerprint density at radius 1 is 0.569 bits per heavy atom. The summed E-state index contributed by atoms with van der Waals surface area (Å²) in [7, 11) is 0. The highest BCUT2D eigenvalue weighted by Gasteiger charge is 2.50. The highest BCUT2D eigenvalue weighted by molar-refractivity contribution is 7.00. The lowest BCUT2D eigenvalue weighted by atomic mass is 9.35. The first-order valence-electron chi connectivity index (χ1n) is 21.7. The standard InChI is InChI=1S/C54H63BN2O/c1-32-28-42-46-43(29-32)57(41-24-18-35(30-33(41)2)51(6,7)8)48-40(23-22-39-45(48)54(14,15)27-26-53(39,12)13)55(46)49-47(38-31-36(52(9,10)11)19-25-44(38)58-49)56(42)37-20-16-34(17-21-37)50(3,4)5/h16-25,28-31H,26-27H2,1-15H3. The van der Waals surface area contributed by atoms with Crippen LogP contribution in [0.2, 0.25) is 0 Å². The van der Waals surface area contributed by atoms with E-state index < -0.39 is 0 Å². The molecular weight excluding hydrogens is 703 g/mol. The molecular formula is C54H63BN2O. The minimum absolute atomic E-state index is 0.0103. The lowest BCUT2D eigenvalue weighted by Crippen LogP contribution is -2.61. The number of hydrogen-bond acceptors (Lipinski definition) is 3. The van der Waals surface area contributed by atoms with Gasteiger partial charge in [-0.25, -0.2) is 0 Å². The maximum atomic E-state index is 7.32. The molecule has 58 heavy (non-hydrogen) atoms. The van der Waals surface area contributed by atoms with Gasteiger partial charge >= 0.3 is 0 Å². The third-order valence-corrected chi connectivity index (χ3v) is 13.9. The molecule has 5 aromatic carbocycles. The first-order chi connectivity index (χ1) is 27.0. The van der Waals surface area contributed by atoms with Crippen molar-refractivity contribution in [2.24, 2.45) is 0 Å². The number of hydrogen-bond donors (Lipinski definition) is 0. The van der Waals surface area contributed by atoms with Crippen LogP contribution in [0, 0.1) is 13.8 Å². The molecule has 298 valence electrons. The van der Waals surface area contributed by atoms with Crippen LogP contribution in [-0.2, 0) is 27.1 Å². The molecule has 1 aliphatic carbocycles. The third-order valence-electron chi connectivity index (χ3n) is 13.9. The molecule has 0 spiro atoms. The van der Waals surface area contributed by atoms with Gasteiger partial charge in [0.2, 0.25) is 0 Å². The maximum absolute atomic E-state index is 7.32. The van der Waals surface area contributed by atoms with Crippen LogP contribution in [0.4, 0.5) is 34.1 Å². The number of furan rings is 1. The highest BCUT2D eigenvalue weighted by atomic mass is 16.3. The Morgan fingerprint density at radius 3 is 1.76 bits per heavy atom. The second kappa shape index (κ2) is 12.4. The molecule has 0 unspecified atom stereocenters. The van der Waals surface area contributed by atoms with Gasteiger partial charge < -0.3 is 14.2 Å². The van der Waals surface area contributed by atoms with Crippen molar-refractivity contribution >= 4 is 68.4 Å². The van der Waals surface area contributed by atoms with Crippen LogP contribution in [0.1, 0.15) is 142 Å². The summed E-state index contributed by atoms with van der Waals surface area (Å²) in [5.41, 5.74) is 21.7. The van der Waals surface area contributed by atoms with E-state index >= 15 is 0 Å². The molecule has 0 amide bonds. The Labute approximate surface area is 348 Å². The van der Waals surface area contributed by atoms with Gasteiger partial charge in [0.05, 0.1) is 11.3 Å². The topological polar surface area (TPSA) is 19.6 Å². The van der Waals surface area contributed by atoms with E-state index in [9.17, 15) is 0 Å². The Kier molecular flexibility index (Phi) is 8.31. The minimum Gasteiger partial charge on any atom is -0.468 e. The van der Waals surface area contributed by atoms with Gasteiger partial charge in [-0.15, -0.1) is 0 Å². The molecule has 1 aromatic heterocycles. The van der Waals surface area contributed by atoms with Crippen molar-refractivity contribution in [1.29, 1.82) is 0 Å². The Hall–Kier alpha value is -4.70. The largest absolute Gasteiger partial charge is 0.468 e. The third kappa shape index (κ3) is 5.82. The van der Waals surface area contributed by atoms with E-state index in [0.29, 0.717) is 0 Å². The fourth-order valence-corrected chi connectivity index (χ4v) is 10.3. The van der Waals surface area contributed by atoms with Gasteiger partial charge in [-0.1, -0.05) is 132 Å². The van der Waals surface area contributed by atoms with Crippen molar-refractivity contribution in [3.8, 4) is 0 Å². The fourth-order valence-electron chi connectivity index (χ4n) is 10.3. The van der Waals surface area contributed by atoms with Gasteiger partial charge in [0.15, 0.2) is 0 Å². The number of nitrogens with zero attached hydrogens (tertiary/aromatic N) is 2. The molecule has 3 nitrogen and oxygen atoms in total. The van der Waals surface area contributed by atoms with Crippen molar-refractivity contribution in [1.82, 2.24) is 0 Å². The highest BCUT2D eigenvalue weighted by Crippen LogP contribution is 2.54. The van der Waals surface area contributed by atoms with E-state index in [4.69, 9.17) is 4.42 Å². The zero-order chi connectivity index (χ0) is 41.6. The summed E-state index contributed by atoms with van der Waals surface area (Å²) in [6.45, 7) is 35.2. The van der Waals surface area contributed by atoms with Gasteiger partial charge in [-0.05, 0) is 146 Å². The average molecular weight is 767 g/mol. The van der Waals surface area contributed by atoms with E-state index in [0.717, 1.165) is 23.4 Å². The van der Waals surface area contributed by atoms with Gasteiger partial charge in [-0.2, -0.15) is 0 Å². The summed E-state index contributed by atoms with van der Waals surface area (Å²) in [5.74, 6) is 0. The normalized spacial score (nSPS) is 16.9. The molecule has 0 bridgehead atoms. The first kappa shape index (κ1) is 38.8. The maximum Gasteiger partial charge on any atom is 0.297 e. The molecule has 6 aromatic rings.